The smallest absolute Gasteiger partial charge is 0.313 e. The number of methoxy groups -OCH3 is 1. The summed E-state index contributed by atoms with van der Waals surface area (Å²) in [5.41, 5.74) is 2.07. The number of carbonyl (C=O) groups excluding carboxylic acids is 1. The average Bonchev–Trinajstić information content (AvgIpc) is 2.34. The molecular weight excluding hydrogens is 238 g/mol. The maximum absolute atomic E-state index is 12.3. The molecule has 0 heterocycles. The fourth-order valence-corrected chi connectivity index (χ4v) is 3.21. The summed E-state index contributed by atoms with van der Waals surface area (Å²) in [5.74, 6) is -0.0713. The van der Waals surface area contributed by atoms with Crippen LogP contribution in [0.25, 0.3) is 0 Å². The number of esters is 1. The van der Waals surface area contributed by atoms with Gasteiger partial charge in [0, 0.05) is 0 Å². The van der Waals surface area contributed by atoms with Gasteiger partial charge in [-0.15, -0.1) is 0 Å². The highest BCUT2D eigenvalue weighted by atomic mass is 16.5. The van der Waals surface area contributed by atoms with E-state index in [0.717, 1.165) is 19.3 Å². The summed E-state index contributed by atoms with van der Waals surface area (Å²) in [7, 11) is 5.56. The quantitative estimate of drug-likeness (QED) is 0.780. The van der Waals surface area contributed by atoms with Crippen molar-refractivity contribution < 1.29 is 9.53 Å². The molecule has 1 aromatic rings. The van der Waals surface area contributed by atoms with Gasteiger partial charge >= 0.3 is 5.97 Å². The topological polar surface area (TPSA) is 29.5 Å². The van der Waals surface area contributed by atoms with Gasteiger partial charge in [-0.2, -0.15) is 0 Å². The van der Waals surface area contributed by atoms with Gasteiger partial charge in [0.05, 0.1) is 18.6 Å². The summed E-state index contributed by atoms with van der Waals surface area (Å²) >= 11 is 0. The summed E-state index contributed by atoms with van der Waals surface area (Å²) in [6, 6.07) is 8.56. The first kappa shape index (κ1) is 14.1. The van der Waals surface area contributed by atoms with Crippen LogP contribution in [0.3, 0.4) is 0 Å². The molecule has 0 aromatic heterocycles. The molecule has 104 valence electrons. The standard InChI is InChI=1S/C16H23NO2/c1-12-6-8-13(9-7-12)14(17(2)3)16(10-5-11-16)15(18)19-4/h6-9,14H,5,10-11H2,1-4H3. The predicted octanol–water partition coefficient (Wildman–Crippen LogP) is 2.94. The molecule has 1 aliphatic carbocycles. The highest BCUT2D eigenvalue weighted by Gasteiger charge is 2.52. The van der Waals surface area contributed by atoms with Crippen LogP contribution in [0.2, 0.25) is 0 Å². The van der Waals surface area contributed by atoms with Crippen LogP contribution in [-0.4, -0.2) is 32.1 Å². The van der Waals surface area contributed by atoms with Gasteiger partial charge in [0.1, 0.15) is 0 Å². The lowest BCUT2D eigenvalue weighted by Crippen LogP contribution is -2.48. The number of carbonyl (C=O) groups is 1. The Morgan fingerprint density at radius 3 is 2.21 bits per heavy atom. The molecule has 1 saturated carbocycles. The normalized spacial score (nSPS) is 18.8. The Bertz CT molecular complexity index is 446. The molecule has 0 aliphatic heterocycles. The van der Waals surface area contributed by atoms with Gasteiger partial charge in [-0.25, -0.2) is 0 Å². The maximum Gasteiger partial charge on any atom is 0.313 e. The minimum Gasteiger partial charge on any atom is -0.469 e. The number of rotatable bonds is 4. The Morgan fingerprint density at radius 2 is 1.84 bits per heavy atom. The second kappa shape index (κ2) is 5.33. The van der Waals surface area contributed by atoms with E-state index >= 15 is 0 Å². The van der Waals surface area contributed by atoms with E-state index in [2.05, 4.69) is 36.1 Å². The third-order valence-corrected chi connectivity index (χ3v) is 4.27. The Hall–Kier alpha value is -1.35. The number of hydrogen-bond acceptors (Lipinski definition) is 3. The van der Waals surface area contributed by atoms with Crippen molar-refractivity contribution in [1.82, 2.24) is 4.90 Å². The van der Waals surface area contributed by atoms with Gasteiger partial charge in [0.2, 0.25) is 0 Å². The van der Waals surface area contributed by atoms with Crippen molar-refractivity contribution in [2.45, 2.75) is 32.2 Å². The van der Waals surface area contributed by atoms with Crippen molar-refractivity contribution in [3.05, 3.63) is 35.4 Å². The van der Waals surface area contributed by atoms with Crippen molar-refractivity contribution in [2.75, 3.05) is 21.2 Å². The van der Waals surface area contributed by atoms with Crippen molar-refractivity contribution in [2.24, 2.45) is 5.41 Å². The Morgan fingerprint density at radius 1 is 1.26 bits per heavy atom. The molecule has 0 spiro atoms. The van der Waals surface area contributed by atoms with Crippen molar-refractivity contribution in [3.8, 4) is 0 Å². The summed E-state index contributed by atoms with van der Waals surface area (Å²) in [6.45, 7) is 2.08. The van der Waals surface area contributed by atoms with E-state index < -0.39 is 0 Å². The number of ether oxygens (including phenoxy) is 1. The van der Waals surface area contributed by atoms with Gasteiger partial charge in [-0.3, -0.25) is 4.79 Å². The van der Waals surface area contributed by atoms with Crippen LogP contribution in [0.1, 0.15) is 36.4 Å². The first-order chi connectivity index (χ1) is 9.01. The van der Waals surface area contributed by atoms with Gasteiger partial charge in [-0.05, 0) is 39.4 Å². The molecule has 19 heavy (non-hydrogen) atoms. The van der Waals surface area contributed by atoms with Crippen LogP contribution < -0.4 is 0 Å². The first-order valence-corrected chi connectivity index (χ1v) is 6.82. The SMILES string of the molecule is COC(=O)C1(C(c2ccc(C)cc2)N(C)C)CCC1. The fraction of sp³-hybridized carbons (Fsp3) is 0.562. The zero-order valence-corrected chi connectivity index (χ0v) is 12.3. The molecule has 1 atom stereocenters. The fourth-order valence-electron chi connectivity index (χ4n) is 3.21. The molecule has 3 nitrogen and oxygen atoms in total. The molecule has 1 aromatic carbocycles. The van der Waals surface area contributed by atoms with Crippen molar-refractivity contribution in [3.63, 3.8) is 0 Å². The number of nitrogens with zero attached hydrogens (tertiary/aromatic N) is 1. The molecule has 0 N–H and O–H groups in total. The van der Waals surface area contributed by atoms with E-state index in [0.29, 0.717) is 0 Å². The van der Waals surface area contributed by atoms with E-state index in [1.165, 1.54) is 18.2 Å². The summed E-state index contributed by atoms with van der Waals surface area (Å²) < 4.78 is 5.07. The molecule has 1 aliphatic rings. The highest BCUT2D eigenvalue weighted by Crippen LogP contribution is 2.53. The van der Waals surface area contributed by atoms with Gasteiger partial charge in [-0.1, -0.05) is 36.2 Å². The van der Waals surface area contributed by atoms with Gasteiger partial charge in [0.15, 0.2) is 0 Å². The second-order valence-corrected chi connectivity index (χ2v) is 5.78. The zero-order chi connectivity index (χ0) is 14.0. The van der Waals surface area contributed by atoms with Crippen molar-refractivity contribution in [1.29, 1.82) is 0 Å². The summed E-state index contributed by atoms with van der Waals surface area (Å²) in [4.78, 5) is 14.4. The lowest BCUT2D eigenvalue weighted by Gasteiger charge is -2.47. The first-order valence-electron chi connectivity index (χ1n) is 6.82. The predicted molar refractivity (Wildman–Crippen MR) is 75.9 cm³/mol. The average molecular weight is 261 g/mol. The number of aryl methyl sites for hydroxylation is 1. The lowest BCUT2D eigenvalue weighted by molar-refractivity contribution is -0.165. The lowest BCUT2D eigenvalue weighted by atomic mass is 9.62. The van der Waals surface area contributed by atoms with Crippen LogP contribution in [-0.2, 0) is 9.53 Å². The van der Waals surface area contributed by atoms with Gasteiger partial charge < -0.3 is 9.64 Å². The molecule has 0 amide bonds. The minimum atomic E-state index is -0.368. The van der Waals surface area contributed by atoms with E-state index in [1.54, 1.807) is 0 Å². The molecule has 3 heteroatoms. The molecule has 0 saturated heterocycles. The van der Waals surface area contributed by atoms with Crippen LogP contribution in [0.15, 0.2) is 24.3 Å². The monoisotopic (exact) mass is 261 g/mol. The number of hydrogen-bond donors (Lipinski definition) is 0. The molecule has 0 bridgehead atoms. The van der Waals surface area contributed by atoms with Gasteiger partial charge in [0.25, 0.3) is 0 Å². The molecular formula is C16H23NO2. The zero-order valence-electron chi connectivity index (χ0n) is 12.3. The van der Waals surface area contributed by atoms with E-state index in [4.69, 9.17) is 4.74 Å². The third-order valence-electron chi connectivity index (χ3n) is 4.27. The Labute approximate surface area is 115 Å². The molecule has 1 unspecified atom stereocenters. The Kier molecular flexibility index (Phi) is 3.95. The van der Waals surface area contributed by atoms with Crippen LogP contribution >= 0.6 is 0 Å². The summed E-state index contributed by atoms with van der Waals surface area (Å²) in [5, 5.41) is 0. The maximum atomic E-state index is 12.3. The number of benzene rings is 1. The van der Waals surface area contributed by atoms with E-state index in [-0.39, 0.29) is 17.4 Å². The molecule has 2 rings (SSSR count). The van der Waals surface area contributed by atoms with Crippen LogP contribution in [0.4, 0.5) is 0 Å². The van der Waals surface area contributed by atoms with Crippen molar-refractivity contribution >= 4 is 5.97 Å². The summed E-state index contributed by atoms with van der Waals surface area (Å²) in [6.07, 6.45) is 2.93. The second-order valence-electron chi connectivity index (χ2n) is 5.78. The molecule has 0 radical (unpaired) electrons. The third kappa shape index (κ3) is 2.39. The highest BCUT2D eigenvalue weighted by molar-refractivity contribution is 5.79. The van der Waals surface area contributed by atoms with E-state index in [9.17, 15) is 4.79 Å². The minimum absolute atomic E-state index is 0.0713. The molecule has 1 fully saturated rings. The largest absolute Gasteiger partial charge is 0.469 e. The van der Waals surface area contributed by atoms with Crippen LogP contribution in [0.5, 0.6) is 0 Å². The van der Waals surface area contributed by atoms with Crippen LogP contribution in [0, 0.1) is 12.3 Å². The van der Waals surface area contributed by atoms with E-state index in [1.807, 2.05) is 14.1 Å². The Balaban J connectivity index is 2.39.